The normalized spacial score (nSPS) is 12.9. The zero-order valence-electron chi connectivity index (χ0n) is 35.6. The zero-order chi connectivity index (χ0) is 37.8. The van der Waals surface area contributed by atoms with Crippen LogP contribution in [-0.4, -0.2) is 34.9 Å². The van der Waals surface area contributed by atoms with E-state index in [2.05, 4.69) is 19.2 Å². The first kappa shape index (κ1) is 51.1. The van der Waals surface area contributed by atoms with E-state index in [0.29, 0.717) is 6.42 Å². The van der Waals surface area contributed by atoms with Crippen LogP contribution in [0.5, 0.6) is 0 Å². The van der Waals surface area contributed by atoms with Crippen LogP contribution >= 0.6 is 0 Å². The van der Waals surface area contributed by atoms with Gasteiger partial charge in [0.2, 0.25) is 5.91 Å². The molecule has 52 heavy (non-hydrogen) atoms. The van der Waals surface area contributed by atoms with Crippen molar-refractivity contribution in [2.45, 2.75) is 283 Å². The largest absolute Gasteiger partial charge is 0.394 e. The van der Waals surface area contributed by atoms with Crippen LogP contribution in [0.2, 0.25) is 0 Å². The van der Waals surface area contributed by atoms with Crippen LogP contribution in [0.3, 0.4) is 0 Å². The van der Waals surface area contributed by atoms with E-state index in [1.165, 1.54) is 225 Å². The fraction of sp³-hybridized carbons (Fsp3) is 0.938. The molecule has 0 saturated carbocycles. The van der Waals surface area contributed by atoms with Crippen LogP contribution in [-0.2, 0) is 4.79 Å². The lowest BCUT2D eigenvalue weighted by molar-refractivity contribution is -0.123. The van der Waals surface area contributed by atoms with Crippen molar-refractivity contribution in [1.82, 2.24) is 5.32 Å². The van der Waals surface area contributed by atoms with Crippen molar-refractivity contribution in [3.8, 4) is 0 Å². The number of hydrogen-bond acceptors (Lipinski definition) is 3. The van der Waals surface area contributed by atoms with Gasteiger partial charge in [-0.05, 0) is 19.3 Å². The number of aliphatic hydroxyl groups excluding tert-OH is 2. The number of allylic oxidation sites excluding steroid dienone is 1. The Kier molecular flexibility index (Phi) is 43.8. The number of aliphatic hydroxyl groups is 2. The molecule has 2 unspecified atom stereocenters. The standard InChI is InChI=1S/C48H95NO3/c1-3-5-7-9-11-13-15-17-19-21-22-23-24-25-26-27-28-29-31-33-35-37-39-41-43-47(51)46(45-50)49-48(52)44-42-40-38-36-34-32-30-20-18-16-14-12-10-8-6-4-2/h41,43,46-47,50-51H,3-40,42,44-45H2,1-2H3,(H,49,52)/b43-41+. The second-order valence-corrected chi connectivity index (χ2v) is 16.5. The summed E-state index contributed by atoms with van der Waals surface area (Å²) in [4.78, 5) is 12.4. The van der Waals surface area contributed by atoms with Crippen LogP contribution < -0.4 is 5.32 Å². The molecule has 2 atom stereocenters. The first-order valence-corrected chi connectivity index (χ1v) is 23.9. The Hall–Kier alpha value is -0.870. The number of carbonyl (C=O) groups is 1. The van der Waals surface area contributed by atoms with Crippen molar-refractivity contribution in [1.29, 1.82) is 0 Å². The molecule has 0 saturated heterocycles. The van der Waals surface area contributed by atoms with Gasteiger partial charge in [-0.25, -0.2) is 0 Å². The molecule has 0 spiro atoms. The molecule has 3 N–H and O–H groups in total. The van der Waals surface area contributed by atoms with Crippen molar-refractivity contribution in [2.75, 3.05) is 6.61 Å². The van der Waals surface area contributed by atoms with Crippen molar-refractivity contribution in [3.05, 3.63) is 12.2 Å². The summed E-state index contributed by atoms with van der Waals surface area (Å²) >= 11 is 0. The van der Waals surface area contributed by atoms with Crippen LogP contribution in [0.15, 0.2) is 12.2 Å². The molecule has 4 nitrogen and oxygen atoms in total. The van der Waals surface area contributed by atoms with Gasteiger partial charge in [0.15, 0.2) is 0 Å². The van der Waals surface area contributed by atoms with Gasteiger partial charge in [-0.1, -0.05) is 257 Å². The Morgan fingerprint density at radius 2 is 0.712 bits per heavy atom. The molecule has 0 aliphatic carbocycles. The van der Waals surface area contributed by atoms with E-state index in [4.69, 9.17) is 0 Å². The molecular formula is C48H95NO3. The number of rotatable bonds is 44. The molecule has 0 aromatic heterocycles. The van der Waals surface area contributed by atoms with Gasteiger partial charge >= 0.3 is 0 Å². The average Bonchev–Trinajstić information content (AvgIpc) is 3.15. The molecule has 0 rings (SSSR count). The van der Waals surface area contributed by atoms with E-state index >= 15 is 0 Å². The maximum atomic E-state index is 12.4. The maximum Gasteiger partial charge on any atom is 0.220 e. The summed E-state index contributed by atoms with van der Waals surface area (Å²) in [6, 6.07) is -0.616. The first-order chi connectivity index (χ1) is 25.7. The van der Waals surface area contributed by atoms with Crippen LogP contribution in [0.25, 0.3) is 0 Å². The van der Waals surface area contributed by atoms with E-state index in [1.807, 2.05) is 6.08 Å². The van der Waals surface area contributed by atoms with E-state index in [-0.39, 0.29) is 12.5 Å². The Bertz CT molecular complexity index is 710. The SMILES string of the molecule is CCCCCCCCCCCCCCCCCCCCCCCC/C=C/C(O)C(CO)NC(=O)CCCCCCCCCCCCCCCCCC. The zero-order valence-corrected chi connectivity index (χ0v) is 35.6. The molecular weight excluding hydrogens is 639 g/mol. The fourth-order valence-corrected chi connectivity index (χ4v) is 7.59. The topological polar surface area (TPSA) is 69.6 Å². The Balaban J connectivity index is 3.49. The summed E-state index contributed by atoms with van der Waals surface area (Å²) in [7, 11) is 0. The number of carbonyl (C=O) groups excluding carboxylic acids is 1. The third-order valence-corrected chi connectivity index (χ3v) is 11.3. The predicted molar refractivity (Wildman–Crippen MR) is 230 cm³/mol. The smallest absolute Gasteiger partial charge is 0.220 e. The minimum Gasteiger partial charge on any atom is -0.394 e. The van der Waals surface area contributed by atoms with E-state index in [1.54, 1.807) is 6.08 Å². The average molecular weight is 734 g/mol. The molecule has 0 aliphatic heterocycles. The first-order valence-electron chi connectivity index (χ1n) is 23.9. The van der Waals surface area contributed by atoms with Crippen molar-refractivity contribution in [2.24, 2.45) is 0 Å². The highest BCUT2D eigenvalue weighted by atomic mass is 16.3. The number of unbranched alkanes of at least 4 members (excludes halogenated alkanes) is 37. The summed E-state index contributed by atoms with van der Waals surface area (Å²) in [6.45, 7) is 4.34. The van der Waals surface area contributed by atoms with Gasteiger partial charge in [-0.2, -0.15) is 0 Å². The molecule has 1 amide bonds. The minimum atomic E-state index is -0.834. The molecule has 0 radical (unpaired) electrons. The molecule has 0 fully saturated rings. The van der Waals surface area contributed by atoms with E-state index < -0.39 is 12.1 Å². The lowest BCUT2D eigenvalue weighted by atomic mass is 10.0. The second kappa shape index (κ2) is 44.5. The van der Waals surface area contributed by atoms with Crippen LogP contribution in [0.1, 0.15) is 271 Å². The molecule has 0 aromatic rings. The Labute approximate surface area is 327 Å². The van der Waals surface area contributed by atoms with Crippen molar-refractivity contribution in [3.63, 3.8) is 0 Å². The van der Waals surface area contributed by atoms with Gasteiger partial charge in [0.05, 0.1) is 18.8 Å². The summed E-state index contributed by atoms with van der Waals surface area (Å²) in [5.41, 5.74) is 0. The quantitative estimate of drug-likeness (QED) is 0.0431. The van der Waals surface area contributed by atoms with E-state index in [9.17, 15) is 15.0 Å². The highest BCUT2D eigenvalue weighted by Crippen LogP contribution is 2.17. The van der Waals surface area contributed by atoms with Gasteiger partial charge in [0.1, 0.15) is 0 Å². The number of hydrogen-bond donors (Lipinski definition) is 3. The lowest BCUT2D eigenvalue weighted by Crippen LogP contribution is -2.45. The summed E-state index contributed by atoms with van der Waals surface area (Å²) in [5, 5.41) is 23.1. The van der Waals surface area contributed by atoms with Crippen molar-refractivity contribution < 1.29 is 15.0 Å². The molecule has 0 aromatic carbocycles. The fourth-order valence-electron chi connectivity index (χ4n) is 7.59. The lowest BCUT2D eigenvalue weighted by Gasteiger charge is -2.20. The molecule has 4 heteroatoms. The van der Waals surface area contributed by atoms with Gasteiger partial charge in [-0.15, -0.1) is 0 Å². The van der Waals surface area contributed by atoms with E-state index in [0.717, 1.165) is 25.7 Å². The molecule has 310 valence electrons. The van der Waals surface area contributed by atoms with Gasteiger partial charge in [0.25, 0.3) is 0 Å². The summed E-state index contributed by atoms with van der Waals surface area (Å²) in [5.74, 6) is -0.0588. The monoisotopic (exact) mass is 734 g/mol. The maximum absolute atomic E-state index is 12.4. The number of nitrogens with one attached hydrogen (secondary N) is 1. The van der Waals surface area contributed by atoms with Crippen LogP contribution in [0.4, 0.5) is 0 Å². The summed E-state index contributed by atoms with van der Waals surface area (Å²) < 4.78 is 0. The van der Waals surface area contributed by atoms with Gasteiger partial charge in [-0.3, -0.25) is 4.79 Å². The van der Waals surface area contributed by atoms with Gasteiger partial charge < -0.3 is 15.5 Å². The highest BCUT2D eigenvalue weighted by molar-refractivity contribution is 5.76. The van der Waals surface area contributed by atoms with Crippen LogP contribution in [0, 0.1) is 0 Å². The molecule has 0 bridgehead atoms. The minimum absolute atomic E-state index is 0.0588. The summed E-state index contributed by atoms with van der Waals surface area (Å²) in [6.07, 6.45) is 56.2. The second-order valence-electron chi connectivity index (χ2n) is 16.5. The Morgan fingerprint density at radius 1 is 0.442 bits per heavy atom. The molecule has 0 aliphatic rings. The predicted octanol–water partition coefficient (Wildman–Crippen LogP) is 15.0. The third kappa shape index (κ3) is 40.3. The number of amides is 1. The highest BCUT2D eigenvalue weighted by Gasteiger charge is 2.18. The molecule has 0 heterocycles. The van der Waals surface area contributed by atoms with Gasteiger partial charge in [0, 0.05) is 6.42 Å². The Morgan fingerprint density at radius 3 is 1.00 bits per heavy atom. The third-order valence-electron chi connectivity index (χ3n) is 11.3. The van der Waals surface area contributed by atoms with Crippen molar-refractivity contribution >= 4 is 5.91 Å².